The highest BCUT2D eigenvalue weighted by molar-refractivity contribution is 8.01. The van der Waals surface area contributed by atoms with Gasteiger partial charge in [-0.1, -0.05) is 41.3 Å². The molecule has 0 spiro atoms. The number of Topliss-reactive ketones (excluding diaryl/α,β-unsaturated/α-hetero) is 1. The number of nitrogens with zero attached hydrogens (tertiary/aromatic N) is 4. The Labute approximate surface area is 232 Å². The van der Waals surface area contributed by atoms with Crippen LogP contribution in [0.25, 0.3) is 0 Å². The summed E-state index contributed by atoms with van der Waals surface area (Å²) in [5.74, 6) is -0.901. The maximum absolute atomic E-state index is 14.9. The van der Waals surface area contributed by atoms with Crippen LogP contribution in [0.4, 0.5) is 15.2 Å². The number of carbonyl (C=O) groups is 2. The van der Waals surface area contributed by atoms with Crippen LogP contribution < -0.4 is 20.7 Å². The van der Waals surface area contributed by atoms with Crippen LogP contribution in [0.15, 0.2) is 75.5 Å². The van der Waals surface area contributed by atoms with Gasteiger partial charge in [0.2, 0.25) is 11.0 Å². The van der Waals surface area contributed by atoms with Crippen molar-refractivity contribution in [3.63, 3.8) is 0 Å². The first-order valence-electron chi connectivity index (χ1n) is 12.0. The smallest absolute Gasteiger partial charge is 0.234 e. The van der Waals surface area contributed by atoms with Gasteiger partial charge in [-0.3, -0.25) is 14.5 Å². The standard InChI is InChI=1S/C27H23FN6O3S2/c1-37-16-11-9-15(10-12-16)31-22(36)14-38-27-33-32-26(39-27)34-20-7-4-8-21(35)24(20)23(18(13-29)25(34)30)17-5-2-3-6-19(17)28/h2-3,5-6,9-12,23H,4,7-8,14,30H2,1H3,(H,31,36). The topological polar surface area (TPSA) is 134 Å². The van der Waals surface area contributed by atoms with Crippen LogP contribution in [-0.2, 0) is 9.59 Å². The molecule has 0 fully saturated rings. The maximum Gasteiger partial charge on any atom is 0.234 e. The molecule has 1 atom stereocenters. The Morgan fingerprint density at radius 1 is 1.26 bits per heavy atom. The van der Waals surface area contributed by atoms with Gasteiger partial charge in [-0.15, -0.1) is 10.2 Å². The summed E-state index contributed by atoms with van der Waals surface area (Å²) in [4.78, 5) is 27.2. The summed E-state index contributed by atoms with van der Waals surface area (Å²) >= 11 is 2.40. The highest BCUT2D eigenvalue weighted by Gasteiger charge is 2.42. The Kier molecular flexibility index (Phi) is 7.63. The number of halogens is 1. The molecule has 1 aromatic heterocycles. The number of benzene rings is 2. The predicted octanol–water partition coefficient (Wildman–Crippen LogP) is 4.72. The second-order valence-corrected chi connectivity index (χ2v) is 10.9. The van der Waals surface area contributed by atoms with E-state index < -0.39 is 11.7 Å². The molecule has 12 heteroatoms. The van der Waals surface area contributed by atoms with Crippen molar-refractivity contribution in [2.24, 2.45) is 5.73 Å². The van der Waals surface area contributed by atoms with E-state index in [9.17, 15) is 19.2 Å². The molecule has 9 nitrogen and oxygen atoms in total. The van der Waals surface area contributed by atoms with E-state index >= 15 is 0 Å². The number of amides is 1. The number of nitriles is 1. The minimum atomic E-state index is -0.890. The fourth-order valence-corrected chi connectivity index (χ4v) is 6.36. The maximum atomic E-state index is 14.9. The molecule has 39 heavy (non-hydrogen) atoms. The first-order chi connectivity index (χ1) is 18.9. The zero-order valence-electron chi connectivity index (χ0n) is 20.8. The Balaban J connectivity index is 1.40. The Morgan fingerprint density at radius 2 is 2.03 bits per heavy atom. The SMILES string of the molecule is COc1ccc(NC(=O)CSc2nnc(N3C(N)=C(C#N)C(c4ccccc4F)C4=C3CCCC4=O)s2)cc1. The molecule has 0 bridgehead atoms. The van der Waals surface area contributed by atoms with Gasteiger partial charge in [-0.2, -0.15) is 5.26 Å². The van der Waals surface area contributed by atoms with Gasteiger partial charge in [-0.25, -0.2) is 4.39 Å². The predicted molar refractivity (Wildman–Crippen MR) is 147 cm³/mol. The number of aromatic nitrogens is 2. The third-order valence-electron chi connectivity index (χ3n) is 6.42. The van der Waals surface area contributed by atoms with Crippen LogP contribution in [-0.4, -0.2) is 34.8 Å². The zero-order valence-corrected chi connectivity index (χ0v) is 22.4. The van der Waals surface area contributed by atoms with Crippen molar-refractivity contribution in [3.8, 4) is 11.8 Å². The summed E-state index contributed by atoms with van der Waals surface area (Å²) in [6, 6.07) is 15.2. The molecular formula is C27H23FN6O3S2. The van der Waals surface area contributed by atoms with Crippen LogP contribution in [0.2, 0.25) is 0 Å². The van der Waals surface area contributed by atoms with Gasteiger partial charge in [0.25, 0.3) is 0 Å². The second-order valence-electron chi connectivity index (χ2n) is 8.75. The molecule has 0 saturated carbocycles. The van der Waals surface area contributed by atoms with Crippen molar-refractivity contribution in [2.75, 3.05) is 23.1 Å². The molecule has 0 radical (unpaired) electrons. The van der Waals surface area contributed by atoms with Gasteiger partial charge in [-0.05, 0) is 43.2 Å². The summed E-state index contributed by atoms with van der Waals surface area (Å²) in [5.41, 5.74) is 8.42. The number of methoxy groups -OCH3 is 1. The normalized spacial score (nSPS) is 17.1. The number of ketones is 1. The van der Waals surface area contributed by atoms with Gasteiger partial charge >= 0.3 is 0 Å². The molecule has 2 aliphatic rings. The van der Waals surface area contributed by atoms with Crippen LogP contribution >= 0.6 is 23.1 Å². The highest BCUT2D eigenvalue weighted by Crippen LogP contribution is 2.47. The lowest BCUT2D eigenvalue weighted by atomic mass is 9.75. The third-order valence-corrected chi connectivity index (χ3v) is 8.46. The molecule has 1 unspecified atom stereocenters. The van der Waals surface area contributed by atoms with Crippen LogP contribution in [0, 0.1) is 17.1 Å². The number of thioether (sulfide) groups is 1. The summed E-state index contributed by atoms with van der Waals surface area (Å²) in [6.07, 6.45) is 1.41. The number of rotatable bonds is 7. The molecule has 198 valence electrons. The van der Waals surface area contributed by atoms with Crippen molar-refractivity contribution in [2.45, 2.75) is 29.5 Å². The number of ether oxygens (including phenoxy) is 1. The number of hydrogen-bond donors (Lipinski definition) is 2. The summed E-state index contributed by atoms with van der Waals surface area (Å²) in [6.45, 7) is 0. The van der Waals surface area contributed by atoms with Crippen molar-refractivity contribution in [1.82, 2.24) is 10.2 Å². The largest absolute Gasteiger partial charge is 0.497 e. The number of hydrogen-bond acceptors (Lipinski definition) is 10. The minimum absolute atomic E-state index is 0.0809. The van der Waals surface area contributed by atoms with Gasteiger partial charge < -0.3 is 15.8 Å². The Hall–Kier alpha value is -4.21. The Bertz CT molecular complexity index is 1540. The number of anilines is 2. The van der Waals surface area contributed by atoms with Crippen LogP contribution in [0.5, 0.6) is 5.75 Å². The first kappa shape index (κ1) is 26.4. The lowest BCUT2D eigenvalue weighted by Gasteiger charge is -2.38. The second kappa shape index (κ2) is 11.3. The number of nitrogens with one attached hydrogen (secondary N) is 1. The van der Waals surface area contributed by atoms with E-state index in [2.05, 4.69) is 21.6 Å². The number of nitrogens with two attached hydrogens (primary N) is 1. The average molecular weight is 563 g/mol. The van der Waals surface area contributed by atoms with E-state index in [-0.39, 0.29) is 34.4 Å². The van der Waals surface area contributed by atoms with Gasteiger partial charge in [0.15, 0.2) is 10.1 Å². The minimum Gasteiger partial charge on any atom is -0.497 e. The number of allylic oxidation sites excluding steroid dienone is 3. The van der Waals surface area contributed by atoms with Crippen LogP contribution in [0.1, 0.15) is 30.7 Å². The summed E-state index contributed by atoms with van der Waals surface area (Å²) in [5, 5.41) is 21.7. The molecule has 1 amide bonds. The third kappa shape index (κ3) is 5.23. The molecule has 3 aromatic rings. The van der Waals surface area contributed by atoms with E-state index in [0.29, 0.717) is 51.4 Å². The van der Waals surface area contributed by atoms with Crippen molar-refractivity contribution in [1.29, 1.82) is 5.26 Å². The fourth-order valence-electron chi connectivity index (χ4n) is 4.68. The number of carbonyl (C=O) groups excluding carboxylic acids is 2. The Morgan fingerprint density at radius 3 is 2.74 bits per heavy atom. The van der Waals surface area contributed by atoms with Gasteiger partial charge in [0.1, 0.15) is 17.4 Å². The van der Waals surface area contributed by atoms with Crippen LogP contribution in [0.3, 0.4) is 0 Å². The molecule has 2 aromatic carbocycles. The highest BCUT2D eigenvalue weighted by atomic mass is 32.2. The molecule has 5 rings (SSSR count). The molecule has 0 saturated heterocycles. The van der Waals surface area contributed by atoms with Crippen molar-refractivity contribution in [3.05, 3.63) is 82.6 Å². The quantitative estimate of drug-likeness (QED) is 0.392. The van der Waals surface area contributed by atoms with Gasteiger partial charge in [0, 0.05) is 28.9 Å². The average Bonchev–Trinajstić information content (AvgIpc) is 3.41. The lowest BCUT2D eigenvalue weighted by molar-refractivity contribution is -0.116. The van der Waals surface area contributed by atoms with E-state index in [1.165, 1.54) is 29.2 Å². The van der Waals surface area contributed by atoms with Gasteiger partial charge in [0.05, 0.1) is 30.4 Å². The monoisotopic (exact) mass is 562 g/mol. The first-order valence-corrected chi connectivity index (χ1v) is 13.8. The van der Waals surface area contributed by atoms with E-state index in [4.69, 9.17) is 10.5 Å². The van der Waals surface area contributed by atoms with E-state index in [0.717, 1.165) is 0 Å². The molecule has 3 N–H and O–H groups in total. The summed E-state index contributed by atoms with van der Waals surface area (Å²) in [7, 11) is 1.57. The van der Waals surface area contributed by atoms with E-state index in [1.54, 1.807) is 54.5 Å². The van der Waals surface area contributed by atoms with E-state index in [1.807, 2.05) is 0 Å². The molecule has 2 heterocycles. The van der Waals surface area contributed by atoms with Crippen molar-refractivity contribution < 1.29 is 18.7 Å². The molecule has 1 aliphatic carbocycles. The van der Waals surface area contributed by atoms with Crippen molar-refractivity contribution >= 4 is 45.6 Å². The fraction of sp³-hybridized carbons (Fsp3) is 0.222. The summed E-state index contributed by atoms with van der Waals surface area (Å²) < 4.78 is 20.5. The molecular weight excluding hydrogens is 539 g/mol. The zero-order chi connectivity index (χ0) is 27.5. The lowest BCUT2D eigenvalue weighted by Crippen LogP contribution is -2.38. The molecule has 1 aliphatic heterocycles.